The third-order valence-corrected chi connectivity index (χ3v) is 3.78. The molecule has 0 spiro atoms. The molecule has 1 amide bonds. The van der Waals surface area contributed by atoms with E-state index in [1.54, 1.807) is 18.3 Å². The lowest BCUT2D eigenvalue weighted by Gasteiger charge is -2.31. The van der Waals surface area contributed by atoms with Crippen molar-refractivity contribution in [1.29, 1.82) is 0 Å². The molecular weight excluding hydrogens is 280 g/mol. The summed E-state index contributed by atoms with van der Waals surface area (Å²) >= 11 is 3.30. The summed E-state index contributed by atoms with van der Waals surface area (Å²) in [6.45, 7) is 3.71. The number of nitrogens with zero attached hydrogens (tertiary/aromatic N) is 2. The molecule has 1 aromatic rings. The molecule has 1 aliphatic rings. The Morgan fingerprint density at radius 3 is 2.88 bits per heavy atom. The molecule has 0 aliphatic heterocycles. The summed E-state index contributed by atoms with van der Waals surface area (Å²) in [6, 6.07) is 3.56. The monoisotopic (exact) mass is 296 g/mol. The average Bonchev–Trinajstić information content (AvgIpc) is 2.27. The molecule has 0 N–H and O–H groups in total. The van der Waals surface area contributed by atoms with Crippen molar-refractivity contribution >= 4 is 21.8 Å². The molecule has 0 atom stereocenters. The van der Waals surface area contributed by atoms with Crippen LogP contribution in [0.2, 0.25) is 0 Å². The van der Waals surface area contributed by atoms with Crippen LogP contribution in [0.5, 0.6) is 0 Å². The van der Waals surface area contributed by atoms with Crippen molar-refractivity contribution in [2.45, 2.75) is 26.2 Å². The molecule has 0 radical (unpaired) electrons. The van der Waals surface area contributed by atoms with Gasteiger partial charge in [0, 0.05) is 24.8 Å². The standard InChI is InChI=1S/C13H17BrN2O/c1-2-16(9-10-4-3-5-10)13(17)11-6-7-15-12(14)8-11/h6-8,10H,2-5,9H2,1H3. The minimum absolute atomic E-state index is 0.113. The molecule has 92 valence electrons. The Balaban J connectivity index is 2.05. The Morgan fingerprint density at radius 2 is 2.35 bits per heavy atom. The van der Waals surface area contributed by atoms with E-state index in [0.717, 1.165) is 13.1 Å². The van der Waals surface area contributed by atoms with E-state index in [0.29, 0.717) is 16.1 Å². The Labute approximate surface area is 110 Å². The Kier molecular flexibility index (Phi) is 4.15. The molecule has 0 saturated heterocycles. The maximum absolute atomic E-state index is 12.3. The number of hydrogen-bond acceptors (Lipinski definition) is 2. The number of aromatic nitrogens is 1. The zero-order chi connectivity index (χ0) is 12.3. The first kappa shape index (κ1) is 12.6. The zero-order valence-corrected chi connectivity index (χ0v) is 11.6. The second-order valence-corrected chi connectivity index (χ2v) is 5.32. The van der Waals surface area contributed by atoms with Crippen molar-refractivity contribution in [3.8, 4) is 0 Å². The van der Waals surface area contributed by atoms with Gasteiger partial charge in [-0.1, -0.05) is 6.42 Å². The lowest BCUT2D eigenvalue weighted by atomic mass is 9.85. The van der Waals surface area contributed by atoms with E-state index in [1.165, 1.54) is 19.3 Å². The van der Waals surface area contributed by atoms with E-state index in [-0.39, 0.29) is 5.91 Å². The minimum Gasteiger partial charge on any atom is -0.339 e. The summed E-state index contributed by atoms with van der Waals surface area (Å²) in [4.78, 5) is 18.3. The largest absolute Gasteiger partial charge is 0.339 e. The molecule has 4 heteroatoms. The van der Waals surface area contributed by atoms with E-state index in [4.69, 9.17) is 0 Å². The first-order chi connectivity index (χ1) is 8.20. The van der Waals surface area contributed by atoms with E-state index < -0.39 is 0 Å². The van der Waals surface area contributed by atoms with E-state index in [1.807, 2.05) is 11.8 Å². The van der Waals surface area contributed by atoms with Crippen molar-refractivity contribution < 1.29 is 4.79 Å². The molecule has 17 heavy (non-hydrogen) atoms. The third kappa shape index (κ3) is 3.06. The molecular formula is C13H17BrN2O. The summed E-state index contributed by atoms with van der Waals surface area (Å²) in [5.41, 5.74) is 0.716. The molecule has 1 fully saturated rings. The maximum atomic E-state index is 12.3. The lowest BCUT2D eigenvalue weighted by molar-refractivity contribution is 0.0706. The van der Waals surface area contributed by atoms with Crippen LogP contribution in [-0.4, -0.2) is 28.9 Å². The number of halogens is 1. The van der Waals surface area contributed by atoms with Gasteiger partial charge >= 0.3 is 0 Å². The van der Waals surface area contributed by atoms with E-state index >= 15 is 0 Å². The summed E-state index contributed by atoms with van der Waals surface area (Å²) < 4.78 is 0.711. The molecule has 1 saturated carbocycles. The highest BCUT2D eigenvalue weighted by atomic mass is 79.9. The van der Waals surface area contributed by atoms with Crippen LogP contribution in [0.3, 0.4) is 0 Å². The average molecular weight is 297 g/mol. The molecule has 1 aromatic heterocycles. The van der Waals surface area contributed by atoms with Crippen LogP contribution in [0.1, 0.15) is 36.5 Å². The fourth-order valence-corrected chi connectivity index (χ4v) is 2.43. The predicted molar refractivity (Wildman–Crippen MR) is 70.9 cm³/mol. The van der Waals surface area contributed by atoms with Crippen LogP contribution in [0, 0.1) is 5.92 Å². The van der Waals surface area contributed by atoms with Gasteiger partial charge in [-0.25, -0.2) is 4.98 Å². The van der Waals surface area contributed by atoms with Crippen molar-refractivity contribution in [3.63, 3.8) is 0 Å². The van der Waals surface area contributed by atoms with Crippen molar-refractivity contribution in [2.75, 3.05) is 13.1 Å². The highest BCUT2D eigenvalue weighted by molar-refractivity contribution is 9.10. The number of carbonyl (C=O) groups excluding carboxylic acids is 1. The fourth-order valence-electron chi connectivity index (χ4n) is 2.06. The minimum atomic E-state index is 0.113. The first-order valence-corrected chi connectivity index (χ1v) is 6.91. The second kappa shape index (κ2) is 5.63. The Hall–Kier alpha value is -0.900. The van der Waals surface area contributed by atoms with Gasteiger partial charge in [-0.2, -0.15) is 0 Å². The summed E-state index contributed by atoms with van der Waals surface area (Å²) in [5, 5.41) is 0. The normalized spacial score (nSPS) is 15.4. The van der Waals surface area contributed by atoms with Crippen LogP contribution in [0.15, 0.2) is 22.9 Å². The summed E-state index contributed by atoms with van der Waals surface area (Å²) in [6.07, 6.45) is 5.51. The number of rotatable bonds is 4. The van der Waals surface area contributed by atoms with Gasteiger partial charge in [0.05, 0.1) is 0 Å². The number of hydrogen-bond donors (Lipinski definition) is 0. The second-order valence-electron chi connectivity index (χ2n) is 4.51. The van der Waals surface area contributed by atoms with Gasteiger partial charge < -0.3 is 4.90 Å². The van der Waals surface area contributed by atoms with Gasteiger partial charge in [0.15, 0.2) is 0 Å². The van der Waals surface area contributed by atoms with Crippen LogP contribution in [0.25, 0.3) is 0 Å². The highest BCUT2D eigenvalue weighted by Gasteiger charge is 2.23. The summed E-state index contributed by atoms with van der Waals surface area (Å²) in [5.74, 6) is 0.826. The lowest BCUT2D eigenvalue weighted by Crippen LogP contribution is -2.37. The van der Waals surface area contributed by atoms with Crippen molar-refractivity contribution in [3.05, 3.63) is 28.5 Å². The number of carbonyl (C=O) groups is 1. The quantitative estimate of drug-likeness (QED) is 0.800. The SMILES string of the molecule is CCN(CC1CCC1)C(=O)c1ccnc(Br)c1. The number of amides is 1. The van der Waals surface area contributed by atoms with Gasteiger partial charge in [-0.15, -0.1) is 0 Å². The van der Waals surface area contributed by atoms with Crippen molar-refractivity contribution in [2.24, 2.45) is 5.92 Å². The van der Waals surface area contributed by atoms with Gasteiger partial charge in [0.2, 0.25) is 0 Å². The van der Waals surface area contributed by atoms with E-state index in [2.05, 4.69) is 20.9 Å². The highest BCUT2D eigenvalue weighted by Crippen LogP contribution is 2.27. The van der Waals surface area contributed by atoms with Crippen LogP contribution < -0.4 is 0 Å². The van der Waals surface area contributed by atoms with Gasteiger partial charge in [0.25, 0.3) is 5.91 Å². The van der Waals surface area contributed by atoms with Gasteiger partial charge in [0.1, 0.15) is 4.60 Å². The molecule has 0 bridgehead atoms. The first-order valence-electron chi connectivity index (χ1n) is 6.11. The maximum Gasteiger partial charge on any atom is 0.254 e. The van der Waals surface area contributed by atoms with Crippen LogP contribution >= 0.6 is 15.9 Å². The summed E-state index contributed by atoms with van der Waals surface area (Å²) in [7, 11) is 0. The molecule has 3 nitrogen and oxygen atoms in total. The molecule has 1 heterocycles. The smallest absolute Gasteiger partial charge is 0.254 e. The molecule has 0 unspecified atom stereocenters. The molecule has 2 rings (SSSR count). The van der Waals surface area contributed by atoms with E-state index in [9.17, 15) is 4.79 Å². The predicted octanol–water partition coefficient (Wildman–Crippen LogP) is 3.11. The molecule has 0 aromatic carbocycles. The third-order valence-electron chi connectivity index (χ3n) is 3.35. The van der Waals surface area contributed by atoms with Crippen LogP contribution in [0.4, 0.5) is 0 Å². The fraction of sp³-hybridized carbons (Fsp3) is 0.538. The Morgan fingerprint density at radius 1 is 1.59 bits per heavy atom. The van der Waals surface area contributed by atoms with Crippen LogP contribution in [-0.2, 0) is 0 Å². The number of pyridine rings is 1. The zero-order valence-electron chi connectivity index (χ0n) is 10.0. The van der Waals surface area contributed by atoms with Crippen molar-refractivity contribution in [1.82, 2.24) is 9.88 Å². The molecule has 1 aliphatic carbocycles. The topological polar surface area (TPSA) is 33.2 Å². The van der Waals surface area contributed by atoms with Gasteiger partial charge in [-0.05, 0) is 53.7 Å². The Bertz CT molecular complexity index is 404. The van der Waals surface area contributed by atoms with Gasteiger partial charge in [-0.3, -0.25) is 4.79 Å².